The molecule has 1 saturated heterocycles. The average molecular weight is 206 g/mol. The first-order valence-corrected chi connectivity index (χ1v) is 6.10. The Morgan fingerprint density at radius 3 is 3.00 bits per heavy atom. The molecule has 2 saturated carbocycles. The van der Waals surface area contributed by atoms with Crippen LogP contribution in [0.3, 0.4) is 0 Å². The highest BCUT2D eigenvalue weighted by Crippen LogP contribution is 2.76. The van der Waals surface area contributed by atoms with Crippen LogP contribution in [0.2, 0.25) is 0 Å². The minimum Gasteiger partial charge on any atom is -0.352 e. The van der Waals surface area contributed by atoms with E-state index in [0.29, 0.717) is 11.8 Å². The highest BCUT2D eigenvalue weighted by atomic mass is 16.7. The largest absolute Gasteiger partial charge is 0.352 e. The Morgan fingerprint density at radius 1 is 1.40 bits per heavy atom. The summed E-state index contributed by atoms with van der Waals surface area (Å²) in [6, 6.07) is 0. The van der Waals surface area contributed by atoms with Crippen LogP contribution in [0.1, 0.15) is 32.6 Å². The van der Waals surface area contributed by atoms with Gasteiger partial charge in [-0.15, -0.1) is 0 Å². The van der Waals surface area contributed by atoms with Gasteiger partial charge in [0, 0.05) is 24.4 Å². The third kappa shape index (κ3) is 0.645. The van der Waals surface area contributed by atoms with E-state index in [1.807, 2.05) is 7.11 Å². The zero-order valence-corrected chi connectivity index (χ0v) is 9.45. The first-order valence-electron chi connectivity index (χ1n) is 6.10. The van der Waals surface area contributed by atoms with Crippen LogP contribution >= 0.6 is 0 Å². The Kier molecular flexibility index (Phi) is 1.28. The molecule has 5 bridgehead atoms. The molecule has 15 heavy (non-hydrogen) atoms. The fourth-order valence-corrected chi connectivity index (χ4v) is 5.10. The number of methoxy groups -OCH3 is 1. The average Bonchev–Trinajstić information content (AvgIpc) is 2.67. The first kappa shape index (κ1) is 8.77. The molecule has 0 aromatic carbocycles. The van der Waals surface area contributed by atoms with Crippen molar-refractivity contribution < 1.29 is 9.47 Å². The first-order chi connectivity index (χ1) is 7.17. The minimum absolute atomic E-state index is 0.0984. The fraction of sp³-hybridized carbons (Fsp3) is 0.846. The van der Waals surface area contributed by atoms with Gasteiger partial charge in [0.15, 0.2) is 5.79 Å². The predicted molar refractivity (Wildman–Crippen MR) is 56.3 cm³/mol. The summed E-state index contributed by atoms with van der Waals surface area (Å²) >= 11 is 0. The molecule has 4 rings (SSSR count). The van der Waals surface area contributed by atoms with Crippen molar-refractivity contribution >= 4 is 0 Å². The maximum Gasteiger partial charge on any atom is 0.181 e. The molecule has 2 heteroatoms. The minimum atomic E-state index is -0.264. The van der Waals surface area contributed by atoms with Crippen LogP contribution in [0, 0.1) is 17.3 Å². The van der Waals surface area contributed by atoms with Crippen molar-refractivity contribution in [2.24, 2.45) is 17.3 Å². The van der Waals surface area contributed by atoms with Gasteiger partial charge in [-0.1, -0.05) is 12.2 Å². The van der Waals surface area contributed by atoms with Crippen molar-refractivity contribution in [3.05, 3.63) is 12.2 Å². The van der Waals surface area contributed by atoms with Crippen LogP contribution < -0.4 is 0 Å². The van der Waals surface area contributed by atoms with E-state index in [2.05, 4.69) is 19.1 Å². The lowest BCUT2D eigenvalue weighted by atomic mass is 9.73. The van der Waals surface area contributed by atoms with Crippen molar-refractivity contribution in [2.75, 3.05) is 7.11 Å². The Labute approximate surface area is 90.6 Å². The predicted octanol–water partition coefficient (Wildman–Crippen LogP) is 2.49. The quantitative estimate of drug-likeness (QED) is 0.614. The van der Waals surface area contributed by atoms with Crippen LogP contribution in [0.25, 0.3) is 0 Å². The zero-order valence-electron chi connectivity index (χ0n) is 9.45. The summed E-state index contributed by atoms with van der Waals surface area (Å²) in [6.45, 7) is 2.29. The third-order valence-corrected chi connectivity index (χ3v) is 5.62. The summed E-state index contributed by atoms with van der Waals surface area (Å²) in [5.74, 6) is 1.04. The summed E-state index contributed by atoms with van der Waals surface area (Å²) in [7, 11) is 1.83. The van der Waals surface area contributed by atoms with Crippen molar-refractivity contribution in [2.45, 2.75) is 44.0 Å². The van der Waals surface area contributed by atoms with Gasteiger partial charge in [0.05, 0.1) is 5.60 Å². The molecule has 1 heterocycles. The normalized spacial score (nSPS) is 64.1. The highest BCUT2D eigenvalue weighted by molar-refractivity contribution is 5.32. The molecule has 0 unspecified atom stereocenters. The topological polar surface area (TPSA) is 18.5 Å². The van der Waals surface area contributed by atoms with Gasteiger partial charge in [-0.25, -0.2) is 0 Å². The van der Waals surface area contributed by atoms with Gasteiger partial charge in [-0.05, 0) is 32.6 Å². The number of ether oxygens (including phenoxy) is 2. The molecule has 3 aliphatic carbocycles. The van der Waals surface area contributed by atoms with E-state index in [9.17, 15) is 0 Å². The molecule has 82 valence electrons. The molecule has 5 atom stereocenters. The molecular weight excluding hydrogens is 188 g/mol. The zero-order chi connectivity index (χ0) is 10.3. The van der Waals surface area contributed by atoms with Gasteiger partial charge in [-0.3, -0.25) is 0 Å². The molecule has 0 aromatic rings. The van der Waals surface area contributed by atoms with Crippen molar-refractivity contribution in [1.29, 1.82) is 0 Å². The van der Waals surface area contributed by atoms with Gasteiger partial charge < -0.3 is 9.47 Å². The second-order valence-corrected chi connectivity index (χ2v) is 5.95. The molecular formula is C13H18O2. The van der Waals surface area contributed by atoms with E-state index in [-0.39, 0.29) is 16.8 Å². The Hall–Kier alpha value is -0.340. The molecule has 4 aliphatic rings. The van der Waals surface area contributed by atoms with Gasteiger partial charge in [0.1, 0.15) is 0 Å². The standard InChI is InChI=1S/C13H18O2/c1-11-6-7-12-5-3-4-9(8-10(11)12)13(12,14-2)15-11/h3,5,9-10H,4,6-8H2,1-2H3/t9-,10+,11-,12-,13+/m0/s1. The Bertz CT molecular complexity index is 364. The van der Waals surface area contributed by atoms with Crippen LogP contribution in [0.15, 0.2) is 12.2 Å². The Balaban J connectivity index is 1.97. The molecule has 0 N–H and O–H groups in total. The van der Waals surface area contributed by atoms with Crippen molar-refractivity contribution in [3.63, 3.8) is 0 Å². The summed E-state index contributed by atoms with van der Waals surface area (Å²) < 4.78 is 12.2. The summed E-state index contributed by atoms with van der Waals surface area (Å²) in [6.07, 6.45) is 9.69. The molecule has 1 aliphatic heterocycles. The van der Waals surface area contributed by atoms with E-state index in [1.165, 1.54) is 19.3 Å². The SMILES string of the molecule is CO[C@]12O[C@@]3(C)CC[C@]14C=CC[C@H]2C[C@@H]43. The second kappa shape index (κ2) is 2.18. The maximum atomic E-state index is 6.37. The van der Waals surface area contributed by atoms with Crippen LogP contribution in [-0.4, -0.2) is 18.5 Å². The lowest BCUT2D eigenvalue weighted by Crippen LogP contribution is -2.53. The van der Waals surface area contributed by atoms with Crippen molar-refractivity contribution in [1.82, 2.24) is 0 Å². The molecule has 0 amide bonds. The van der Waals surface area contributed by atoms with E-state index in [0.717, 1.165) is 6.42 Å². The summed E-state index contributed by atoms with van der Waals surface area (Å²) in [5.41, 5.74) is 0.320. The fourth-order valence-electron chi connectivity index (χ4n) is 5.10. The second-order valence-electron chi connectivity index (χ2n) is 5.95. The molecule has 3 fully saturated rings. The highest BCUT2D eigenvalue weighted by Gasteiger charge is 2.80. The van der Waals surface area contributed by atoms with Crippen molar-refractivity contribution in [3.8, 4) is 0 Å². The lowest BCUT2D eigenvalue weighted by Gasteiger charge is -2.48. The van der Waals surface area contributed by atoms with E-state index in [1.54, 1.807) is 0 Å². The van der Waals surface area contributed by atoms with Gasteiger partial charge in [0.25, 0.3) is 0 Å². The lowest BCUT2D eigenvalue weighted by molar-refractivity contribution is -0.315. The molecule has 2 nitrogen and oxygen atoms in total. The van der Waals surface area contributed by atoms with E-state index in [4.69, 9.17) is 9.47 Å². The van der Waals surface area contributed by atoms with Gasteiger partial charge in [0.2, 0.25) is 0 Å². The molecule has 0 aromatic heterocycles. The third-order valence-electron chi connectivity index (χ3n) is 5.62. The monoisotopic (exact) mass is 206 g/mol. The van der Waals surface area contributed by atoms with Crippen LogP contribution in [0.4, 0.5) is 0 Å². The number of allylic oxidation sites excluding steroid dienone is 1. The van der Waals surface area contributed by atoms with Crippen LogP contribution in [-0.2, 0) is 9.47 Å². The van der Waals surface area contributed by atoms with Gasteiger partial charge in [-0.2, -0.15) is 0 Å². The molecule has 0 radical (unpaired) electrons. The summed E-state index contributed by atoms with van der Waals surface area (Å²) in [4.78, 5) is 0. The number of hydrogen-bond donors (Lipinski definition) is 0. The molecule has 1 spiro atoms. The smallest absolute Gasteiger partial charge is 0.181 e. The van der Waals surface area contributed by atoms with Gasteiger partial charge >= 0.3 is 0 Å². The Morgan fingerprint density at radius 2 is 2.27 bits per heavy atom. The number of hydrogen-bond acceptors (Lipinski definition) is 2. The maximum absolute atomic E-state index is 6.37. The van der Waals surface area contributed by atoms with E-state index >= 15 is 0 Å². The van der Waals surface area contributed by atoms with Crippen LogP contribution in [0.5, 0.6) is 0 Å². The number of rotatable bonds is 1. The summed E-state index contributed by atoms with van der Waals surface area (Å²) in [5, 5.41) is 0. The van der Waals surface area contributed by atoms with E-state index < -0.39 is 0 Å².